The molecule has 3 heterocycles. The Labute approximate surface area is 202 Å². The van der Waals surface area contributed by atoms with Crippen LogP contribution in [0.15, 0.2) is 82.8 Å². The second-order valence-corrected chi connectivity index (χ2v) is 10.6. The van der Waals surface area contributed by atoms with E-state index >= 15 is 0 Å². The van der Waals surface area contributed by atoms with Crippen molar-refractivity contribution < 1.29 is 0 Å². The predicted molar refractivity (Wildman–Crippen MR) is 140 cm³/mol. The van der Waals surface area contributed by atoms with E-state index in [1.54, 1.807) is 23.1 Å². The standard InChI is InChI=1S/C27H27N3OS2/c1-19(2)18-32-27-28-24-25(31)22-14-16-29(15-13-20-9-5-3-6-10-20)17-23(22)33-26(24)30(27)21-11-7-4-8-12-21/h3-12H,1,13-18H2,2H3. The summed E-state index contributed by atoms with van der Waals surface area (Å²) < 4.78 is 2.15. The highest BCUT2D eigenvalue weighted by molar-refractivity contribution is 7.99. The minimum absolute atomic E-state index is 0.105. The molecule has 0 saturated carbocycles. The molecule has 5 rings (SSSR count). The van der Waals surface area contributed by atoms with Crippen molar-refractivity contribution in [1.82, 2.24) is 14.5 Å². The molecule has 168 valence electrons. The number of rotatable bonds is 7. The van der Waals surface area contributed by atoms with E-state index in [4.69, 9.17) is 4.98 Å². The van der Waals surface area contributed by atoms with E-state index in [1.165, 1.54) is 10.4 Å². The lowest BCUT2D eigenvalue weighted by Gasteiger charge is -2.27. The fourth-order valence-electron chi connectivity index (χ4n) is 4.22. The van der Waals surface area contributed by atoms with Gasteiger partial charge in [0.05, 0.1) is 0 Å². The van der Waals surface area contributed by atoms with Crippen molar-refractivity contribution in [3.05, 3.63) is 99.0 Å². The molecule has 2 aromatic carbocycles. The topological polar surface area (TPSA) is 38.1 Å². The maximum atomic E-state index is 13.5. The third-order valence-electron chi connectivity index (χ3n) is 5.92. The van der Waals surface area contributed by atoms with E-state index in [0.29, 0.717) is 5.52 Å². The van der Waals surface area contributed by atoms with Crippen molar-refractivity contribution in [2.45, 2.75) is 31.5 Å². The molecule has 0 atom stereocenters. The summed E-state index contributed by atoms with van der Waals surface area (Å²) in [5.74, 6) is 0.780. The van der Waals surface area contributed by atoms with Gasteiger partial charge < -0.3 is 0 Å². The van der Waals surface area contributed by atoms with E-state index in [0.717, 1.165) is 65.0 Å². The molecule has 6 heteroatoms. The molecule has 0 fully saturated rings. The van der Waals surface area contributed by atoms with Crippen LogP contribution in [-0.4, -0.2) is 33.3 Å². The number of nitrogens with zero attached hydrogens (tertiary/aromatic N) is 3. The first-order valence-electron chi connectivity index (χ1n) is 11.3. The van der Waals surface area contributed by atoms with Crippen LogP contribution in [0, 0.1) is 0 Å². The zero-order chi connectivity index (χ0) is 22.8. The van der Waals surface area contributed by atoms with Gasteiger partial charge in [-0.05, 0) is 37.5 Å². The molecule has 0 saturated heterocycles. The van der Waals surface area contributed by atoms with E-state index in [2.05, 4.69) is 58.5 Å². The van der Waals surface area contributed by atoms with Gasteiger partial charge in [0.2, 0.25) is 5.43 Å². The monoisotopic (exact) mass is 473 g/mol. The minimum atomic E-state index is 0.105. The molecule has 1 aliphatic rings. The zero-order valence-corrected chi connectivity index (χ0v) is 20.4. The first kappa shape index (κ1) is 22.1. The number of thioether (sulfide) groups is 1. The Morgan fingerprint density at radius 3 is 2.58 bits per heavy atom. The molecule has 0 unspecified atom stereocenters. The average molecular weight is 474 g/mol. The number of para-hydroxylation sites is 1. The molecule has 1 aliphatic heterocycles. The van der Waals surface area contributed by atoms with Crippen LogP contribution < -0.4 is 5.43 Å². The summed E-state index contributed by atoms with van der Waals surface area (Å²) in [6, 6.07) is 20.8. The molecule has 0 aliphatic carbocycles. The van der Waals surface area contributed by atoms with Gasteiger partial charge >= 0.3 is 0 Å². The number of aromatic nitrogens is 2. The third-order valence-corrected chi connectivity index (χ3v) is 8.28. The van der Waals surface area contributed by atoms with Gasteiger partial charge in [-0.25, -0.2) is 4.98 Å². The molecule has 4 aromatic rings. The van der Waals surface area contributed by atoms with Crippen LogP contribution in [0.3, 0.4) is 0 Å². The Kier molecular flexibility index (Phi) is 6.49. The predicted octanol–water partition coefficient (Wildman–Crippen LogP) is 5.72. The number of hydrogen-bond acceptors (Lipinski definition) is 5. The number of imidazole rings is 1. The highest BCUT2D eigenvalue weighted by Crippen LogP contribution is 2.33. The zero-order valence-electron chi connectivity index (χ0n) is 18.8. The van der Waals surface area contributed by atoms with Gasteiger partial charge in [-0.15, -0.1) is 11.3 Å². The number of fused-ring (bicyclic) bond motifs is 2. The van der Waals surface area contributed by atoms with Gasteiger partial charge in [0.25, 0.3) is 0 Å². The highest BCUT2D eigenvalue weighted by atomic mass is 32.2. The van der Waals surface area contributed by atoms with Crippen LogP contribution in [0.25, 0.3) is 16.0 Å². The molecular formula is C27H27N3OS2. The maximum Gasteiger partial charge on any atom is 0.211 e. The molecule has 0 spiro atoms. The summed E-state index contributed by atoms with van der Waals surface area (Å²) in [5, 5.41) is 0.857. The lowest BCUT2D eigenvalue weighted by Crippen LogP contribution is -2.34. The first-order chi connectivity index (χ1) is 16.1. The van der Waals surface area contributed by atoms with Gasteiger partial charge in [-0.2, -0.15) is 0 Å². The largest absolute Gasteiger partial charge is 0.298 e. The van der Waals surface area contributed by atoms with Crippen molar-refractivity contribution in [2.24, 2.45) is 0 Å². The van der Waals surface area contributed by atoms with Crippen LogP contribution in [-0.2, 0) is 19.4 Å². The maximum absolute atomic E-state index is 13.5. The normalized spacial score (nSPS) is 13.8. The Balaban J connectivity index is 1.51. The van der Waals surface area contributed by atoms with Crippen molar-refractivity contribution in [3.63, 3.8) is 0 Å². The Hall–Kier alpha value is -2.67. The van der Waals surface area contributed by atoms with Crippen molar-refractivity contribution in [1.29, 1.82) is 0 Å². The quantitative estimate of drug-likeness (QED) is 0.254. The number of benzene rings is 2. The van der Waals surface area contributed by atoms with E-state index in [-0.39, 0.29) is 5.43 Å². The smallest absolute Gasteiger partial charge is 0.211 e. The molecule has 33 heavy (non-hydrogen) atoms. The van der Waals surface area contributed by atoms with Crippen molar-refractivity contribution in [2.75, 3.05) is 18.8 Å². The third kappa shape index (κ3) is 4.69. The van der Waals surface area contributed by atoms with E-state index in [1.807, 2.05) is 25.1 Å². The first-order valence-corrected chi connectivity index (χ1v) is 13.1. The summed E-state index contributed by atoms with van der Waals surface area (Å²) in [5.41, 5.74) is 5.14. The Bertz CT molecular complexity index is 1340. The second kappa shape index (κ2) is 9.67. The summed E-state index contributed by atoms with van der Waals surface area (Å²) in [6.07, 6.45) is 1.82. The summed E-state index contributed by atoms with van der Waals surface area (Å²) in [6.45, 7) is 8.80. The summed E-state index contributed by atoms with van der Waals surface area (Å²) in [4.78, 5) is 22.9. The molecular weight excluding hydrogens is 446 g/mol. The van der Waals surface area contributed by atoms with Gasteiger partial charge in [0.1, 0.15) is 10.3 Å². The SMILES string of the molecule is C=C(C)CSc1nc2c(=O)c3c(sc2n1-c1ccccc1)CN(CCc1ccccc1)CC3. The van der Waals surface area contributed by atoms with Crippen LogP contribution in [0.4, 0.5) is 0 Å². The van der Waals surface area contributed by atoms with Crippen molar-refractivity contribution in [3.8, 4) is 5.69 Å². The van der Waals surface area contributed by atoms with E-state index < -0.39 is 0 Å². The van der Waals surface area contributed by atoms with Gasteiger partial charge in [-0.3, -0.25) is 14.3 Å². The summed E-state index contributed by atoms with van der Waals surface area (Å²) in [7, 11) is 0. The lowest BCUT2D eigenvalue weighted by molar-refractivity contribution is 0.260. The molecule has 0 radical (unpaired) electrons. The molecule has 0 amide bonds. The Morgan fingerprint density at radius 1 is 1.12 bits per heavy atom. The molecule has 4 nitrogen and oxygen atoms in total. The molecule has 0 bridgehead atoms. The van der Waals surface area contributed by atoms with Gasteiger partial charge in [0.15, 0.2) is 5.16 Å². The van der Waals surface area contributed by atoms with E-state index in [9.17, 15) is 4.79 Å². The van der Waals surface area contributed by atoms with Crippen LogP contribution in [0.2, 0.25) is 0 Å². The van der Waals surface area contributed by atoms with Gasteiger partial charge in [-0.1, -0.05) is 72.4 Å². The average Bonchev–Trinajstić information content (AvgIpc) is 3.21. The fourth-order valence-corrected chi connectivity index (χ4v) is 6.45. The van der Waals surface area contributed by atoms with Gasteiger partial charge in [0, 0.05) is 41.5 Å². The minimum Gasteiger partial charge on any atom is -0.298 e. The lowest BCUT2D eigenvalue weighted by atomic mass is 10.1. The van der Waals surface area contributed by atoms with Crippen LogP contribution in [0.5, 0.6) is 0 Å². The number of hydrogen-bond donors (Lipinski definition) is 0. The second-order valence-electron chi connectivity index (χ2n) is 8.56. The van der Waals surface area contributed by atoms with Crippen LogP contribution in [0.1, 0.15) is 22.9 Å². The Morgan fingerprint density at radius 2 is 1.85 bits per heavy atom. The summed E-state index contributed by atoms with van der Waals surface area (Å²) >= 11 is 3.37. The fraction of sp³-hybridized carbons (Fsp3) is 0.259. The van der Waals surface area contributed by atoms with Crippen LogP contribution >= 0.6 is 23.1 Å². The molecule has 2 aromatic heterocycles. The van der Waals surface area contributed by atoms with Crippen molar-refractivity contribution >= 4 is 33.4 Å². The highest BCUT2D eigenvalue weighted by Gasteiger charge is 2.25. The molecule has 0 N–H and O–H groups in total.